The maximum Gasteiger partial charge on any atom is 0.271 e. The van der Waals surface area contributed by atoms with E-state index in [0.717, 1.165) is 18.5 Å². The number of piperidine rings is 1. The largest absolute Gasteiger partial charge is 0.367 e. The number of nitrogens with zero attached hydrogens (tertiary/aromatic N) is 3. The highest BCUT2D eigenvalue weighted by molar-refractivity contribution is 5.92. The second-order valence-corrected chi connectivity index (χ2v) is 8.35. The molecule has 1 aromatic heterocycles. The van der Waals surface area contributed by atoms with Gasteiger partial charge in [0.05, 0.1) is 24.4 Å². The third kappa shape index (κ3) is 3.86. The first-order valence-electron chi connectivity index (χ1n) is 8.92. The average Bonchev–Trinajstić information content (AvgIpc) is 2.96. The number of amides is 2. The lowest BCUT2D eigenvalue weighted by molar-refractivity contribution is -0.147. The molecule has 25 heavy (non-hydrogen) atoms. The Hall–Kier alpha value is -1.89. The van der Waals surface area contributed by atoms with Gasteiger partial charge in [0, 0.05) is 26.6 Å². The molecule has 138 valence electrons. The summed E-state index contributed by atoms with van der Waals surface area (Å²) in [5.41, 5.74) is 1.08. The number of hydrogen-bond acceptors (Lipinski definition) is 4. The molecular formula is C18H28N4O3. The van der Waals surface area contributed by atoms with Crippen LogP contribution in [-0.2, 0) is 22.7 Å². The molecule has 2 amide bonds. The molecular weight excluding hydrogens is 320 g/mol. The van der Waals surface area contributed by atoms with Crippen molar-refractivity contribution < 1.29 is 14.3 Å². The summed E-state index contributed by atoms with van der Waals surface area (Å²) in [5, 5.41) is 7.02. The van der Waals surface area contributed by atoms with Gasteiger partial charge in [-0.05, 0) is 24.3 Å². The Labute approximate surface area is 148 Å². The van der Waals surface area contributed by atoms with Crippen LogP contribution in [-0.4, -0.2) is 52.2 Å². The van der Waals surface area contributed by atoms with Crippen LogP contribution >= 0.6 is 0 Å². The van der Waals surface area contributed by atoms with E-state index in [2.05, 4.69) is 31.2 Å². The number of hydrogen-bond donors (Lipinski definition) is 1. The second kappa shape index (κ2) is 6.44. The Bertz CT molecular complexity index is 666. The zero-order chi connectivity index (χ0) is 18.2. The fourth-order valence-corrected chi connectivity index (χ4v) is 3.52. The quantitative estimate of drug-likeness (QED) is 0.880. The average molecular weight is 348 g/mol. The molecule has 0 unspecified atom stereocenters. The van der Waals surface area contributed by atoms with E-state index in [0.29, 0.717) is 38.4 Å². The summed E-state index contributed by atoms with van der Waals surface area (Å²) < 4.78 is 8.05. The van der Waals surface area contributed by atoms with Crippen molar-refractivity contribution in [2.75, 3.05) is 20.1 Å². The first-order chi connectivity index (χ1) is 11.7. The van der Waals surface area contributed by atoms with E-state index >= 15 is 0 Å². The van der Waals surface area contributed by atoms with E-state index in [4.69, 9.17) is 4.74 Å². The molecule has 2 aliphatic rings. The highest BCUT2D eigenvalue weighted by atomic mass is 16.5. The molecule has 0 bridgehead atoms. The minimum absolute atomic E-state index is 0.00771. The number of nitrogens with one attached hydrogen (secondary N) is 1. The van der Waals surface area contributed by atoms with Gasteiger partial charge in [0.1, 0.15) is 0 Å². The zero-order valence-electron chi connectivity index (χ0n) is 15.6. The van der Waals surface area contributed by atoms with Crippen molar-refractivity contribution in [1.82, 2.24) is 20.0 Å². The van der Waals surface area contributed by atoms with Gasteiger partial charge in [0.25, 0.3) is 5.91 Å². The van der Waals surface area contributed by atoms with Crippen molar-refractivity contribution in [3.05, 3.63) is 17.5 Å². The fraction of sp³-hybridized carbons (Fsp3) is 0.722. The number of rotatable bonds is 2. The van der Waals surface area contributed by atoms with Crippen molar-refractivity contribution >= 4 is 11.8 Å². The molecule has 1 aromatic rings. The van der Waals surface area contributed by atoms with Crippen LogP contribution in [0.15, 0.2) is 6.07 Å². The third-order valence-electron chi connectivity index (χ3n) is 5.00. The summed E-state index contributed by atoms with van der Waals surface area (Å²) in [5.74, 6) is 0.0402. The molecule has 0 radical (unpaired) electrons. The zero-order valence-corrected chi connectivity index (χ0v) is 15.6. The first kappa shape index (κ1) is 17.9. The van der Waals surface area contributed by atoms with Gasteiger partial charge >= 0.3 is 0 Å². The SMILES string of the molecule is CNC(=O)c1cc2n(n1)CC1(CCN(C(=O)CC(C)(C)C)CC1)OC2. The highest BCUT2D eigenvalue weighted by Crippen LogP contribution is 2.34. The Kier molecular flexibility index (Phi) is 4.62. The summed E-state index contributed by atoms with van der Waals surface area (Å²) in [6.45, 7) is 8.79. The molecule has 1 saturated heterocycles. The summed E-state index contributed by atoms with van der Waals surface area (Å²) in [6, 6.07) is 1.79. The van der Waals surface area contributed by atoms with Gasteiger partial charge in [0.2, 0.25) is 5.91 Å². The number of likely N-dealkylation sites (tertiary alicyclic amines) is 1. The summed E-state index contributed by atoms with van der Waals surface area (Å²) in [7, 11) is 1.60. The van der Waals surface area contributed by atoms with Crippen molar-refractivity contribution in [2.45, 2.75) is 58.8 Å². The van der Waals surface area contributed by atoms with E-state index in [1.54, 1.807) is 13.1 Å². The molecule has 3 heterocycles. The molecule has 0 atom stereocenters. The fourth-order valence-electron chi connectivity index (χ4n) is 3.52. The molecule has 1 spiro atoms. The van der Waals surface area contributed by atoms with Gasteiger partial charge in [-0.2, -0.15) is 5.10 Å². The summed E-state index contributed by atoms with van der Waals surface area (Å²) in [6.07, 6.45) is 2.18. The lowest BCUT2D eigenvalue weighted by atomic mass is 9.88. The van der Waals surface area contributed by atoms with Gasteiger partial charge in [-0.1, -0.05) is 20.8 Å². The smallest absolute Gasteiger partial charge is 0.271 e. The number of carbonyl (C=O) groups is 2. The number of aromatic nitrogens is 2. The topological polar surface area (TPSA) is 76.5 Å². The molecule has 0 aliphatic carbocycles. The van der Waals surface area contributed by atoms with Gasteiger partial charge in [0.15, 0.2) is 5.69 Å². The molecule has 3 rings (SSSR count). The monoisotopic (exact) mass is 348 g/mol. The van der Waals surface area contributed by atoms with Gasteiger partial charge in [-0.3, -0.25) is 14.3 Å². The van der Waals surface area contributed by atoms with E-state index in [9.17, 15) is 9.59 Å². The Balaban J connectivity index is 1.63. The normalized spacial score (nSPS) is 19.6. The number of fused-ring (bicyclic) bond motifs is 1. The molecule has 1 fully saturated rings. The third-order valence-corrected chi connectivity index (χ3v) is 5.00. The standard InChI is InChI=1S/C18H28N4O3/c1-17(2,3)10-15(23)21-7-5-18(6-8-21)12-22-13(11-25-18)9-14(20-22)16(24)19-4/h9H,5-8,10-12H2,1-4H3,(H,19,24). The van der Waals surface area contributed by atoms with Crippen LogP contribution < -0.4 is 5.32 Å². The Morgan fingerprint density at radius 1 is 1.32 bits per heavy atom. The second-order valence-electron chi connectivity index (χ2n) is 8.35. The van der Waals surface area contributed by atoms with E-state index in [-0.39, 0.29) is 22.8 Å². The molecule has 0 saturated carbocycles. The molecule has 1 N–H and O–H groups in total. The van der Waals surface area contributed by atoms with Crippen molar-refractivity contribution in [3.8, 4) is 0 Å². The van der Waals surface area contributed by atoms with E-state index < -0.39 is 0 Å². The van der Waals surface area contributed by atoms with Gasteiger partial charge in [-0.15, -0.1) is 0 Å². The van der Waals surface area contributed by atoms with Crippen molar-refractivity contribution in [2.24, 2.45) is 5.41 Å². The summed E-state index contributed by atoms with van der Waals surface area (Å²) in [4.78, 5) is 26.1. The highest BCUT2D eigenvalue weighted by Gasteiger charge is 2.41. The summed E-state index contributed by atoms with van der Waals surface area (Å²) >= 11 is 0. The van der Waals surface area contributed by atoms with Crippen molar-refractivity contribution in [1.29, 1.82) is 0 Å². The van der Waals surface area contributed by atoms with Crippen LogP contribution in [0.3, 0.4) is 0 Å². The predicted octanol–water partition coefficient (Wildman–Crippen LogP) is 1.57. The maximum atomic E-state index is 12.4. The molecule has 7 nitrogen and oxygen atoms in total. The van der Waals surface area contributed by atoms with Crippen LogP contribution in [0, 0.1) is 5.41 Å². The van der Waals surface area contributed by atoms with Gasteiger partial charge < -0.3 is 15.0 Å². The molecule has 2 aliphatic heterocycles. The van der Waals surface area contributed by atoms with Crippen molar-refractivity contribution in [3.63, 3.8) is 0 Å². The van der Waals surface area contributed by atoms with Crippen LogP contribution in [0.5, 0.6) is 0 Å². The van der Waals surface area contributed by atoms with E-state index in [1.165, 1.54) is 0 Å². The lowest BCUT2D eigenvalue weighted by Crippen LogP contribution is -2.52. The maximum absolute atomic E-state index is 12.4. The lowest BCUT2D eigenvalue weighted by Gasteiger charge is -2.44. The van der Waals surface area contributed by atoms with Crippen LogP contribution in [0.1, 0.15) is 56.2 Å². The van der Waals surface area contributed by atoms with Crippen LogP contribution in [0.25, 0.3) is 0 Å². The minimum Gasteiger partial charge on any atom is -0.367 e. The minimum atomic E-state index is -0.280. The Morgan fingerprint density at radius 3 is 2.60 bits per heavy atom. The molecule has 7 heteroatoms. The van der Waals surface area contributed by atoms with Gasteiger partial charge in [-0.25, -0.2) is 0 Å². The first-order valence-corrected chi connectivity index (χ1v) is 8.92. The van der Waals surface area contributed by atoms with E-state index in [1.807, 2.05) is 9.58 Å². The number of carbonyl (C=O) groups excluding carboxylic acids is 2. The predicted molar refractivity (Wildman–Crippen MR) is 93.0 cm³/mol. The Morgan fingerprint density at radius 2 is 2.00 bits per heavy atom. The van der Waals surface area contributed by atoms with Crippen LogP contribution in [0.4, 0.5) is 0 Å². The molecule has 0 aromatic carbocycles. The number of ether oxygens (including phenoxy) is 1. The van der Waals surface area contributed by atoms with Crippen LogP contribution in [0.2, 0.25) is 0 Å².